The molecule has 1 saturated heterocycles. The van der Waals surface area contributed by atoms with E-state index in [0.29, 0.717) is 11.2 Å². The second-order valence-corrected chi connectivity index (χ2v) is 11.5. The number of amides is 1. The molecule has 8 nitrogen and oxygen atoms in total. The number of likely N-dealkylation sites (tertiary alicyclic amines) is 1. The fourth-order valence-corrected chi connectivity index (χ4v) is 6.36. The van der Waals surface area contributed by atoms with Gasteiger partial charge < -0.3 is 20.6 Å². The molecule has 1 aliphatic heterocycles. The number of hydrogen-bond acceptors (Lipinski definition) is 5. The van der Waals surface area contributed by atoms with Crippen LogP contribution in [0.15, 0.2) is 67.1 Å². The van der Waals surface area contributed by atoms with Crippen molar-refractivity contribution in [2.24, 2.45) is 5.92 Å². The first-order valence-corrected chi connectivity index (χ1v) is 14.4. The Morgan fingerprint density at radius 3 is 2.75 bits per heavy atom. The lowest BCUT2D eigenvalue weighted by Crippen LogP contribution is -2.55. The number of anilines is 1. The molecule has 204 valence electrons. The van der Waals surface area contributed by atoms with Gasteiger partial charge in [-0.2, -0.15) is 0 Å². The Bertz CT molecular complexity index is 1660. The van der Waals surface area contributed by atoms with Crippen LogP contribution in [0.3, 0.4) is 0 Å². The van der Waals surface area contributed by atoms with E-state index in [-0.39, 0.29) is 17.9 Å². The van der Waals surface area contributed by atoms with Crippen molar-refractivity contribution < 1.29 is 4.79 Å². The van der Waals surface area contributed by atoms with Crippen LogP contribution in [0.1, 0.15) is 31.2 Å². The first kappa shape index (κ1) is 25.1. The average molecular weight is 554 g/mol. The minimum absolute atomic E-state index is 0.0823. The van der Waals surface area contributed by atoms with Crippen LogP contribution in [0.25, 0.3) is 33.1 Å². The molecule has 4 aromatic heterocycles. The molecule has 0 spiro atoms. The number of carbonyl (C=O) groups excluding carboxylic acids is 1. The molecule has 1 aliphatic carbocycles. The predicted molar refractivity (Wildman–Crippen MR) is 159 cm³/mol. The third-order valence-electron chi connectivity index (χ3n) is 8.34. The predicted octanol–water partition coefficient (Wildman–Crippen LogP) is 5.73. The lowest BCUT2D eigenvalue weighted by atomic mass is 9.90. The van der Waals surface area contributed by atoms with E-state index in [4.69, 9.17) is 11.6 Å². The zero-order valence-electron chi connectivity index (χ0n) is 22.2. The number of fused-ring (bicyclic) bond motifs is 2. The highest BCUT2D eigenvalue weighted by atomic mass is 35.5. The number of pyridine rings is 2. The Labute approximate surface area is 237 Å². The molecule has 0 bridgehead atoms. The first-order valence-electron chi connectivity index (χ1n) is 14.0. The second kappa shape index (κ2) is 10.6. The second-order valence-electron chi connectivity index (χ2n) is 11.2. The van der Waals surface area contributed by atoms with E-state index in [1.165, 1.54) is 10.9 Å². The molecule has 2 fully saturated rings. The van der Waals surface area contributed by atoms with Gasteiger partial charge in [-0.3, -0.25) is 9.69 Å². The molecular weight excluding hydrogens is 522 g/mol. The molecule has 1 aromatic carbocycles. The number of carbonyl (C=O) groups is 1. The largest absolute Gasteiger partial charge is 0.367 e. The molecule has 4 N–H and O–H groups in total. The summed E-state index contributed by atoms with van der Waals surface area (Å²) in [5.41, 5.74) is 5.35. The van der Waals surface area contributed by atoms with Gasteiger partial charge in [0.1, 0.15) is 16.6 Å². The number of H-pyrrole nitrogens is 2. The summed E-state index contributed by atoms with van der Waals surface area (Å²) < 4.78 is 0. The molecule has 5 aromatic rings. The molecule has 40 heavy (non-hydrogen) atoms. The van der Waals surface area contributed by atoms with Crippen LogP contribution in [-0.4, -0.2) is 55.9 Å². The molecule has 2 aliphatic rings. The minimum Gasteiger partial charge on any atom is -0.367 e. The quantitative estimate of drug-likeness (QED) is 0.193. The first-order chi connectivity index (χ1) is 19.6. The van der Waals surface area contributed by atoms with Crippen molar-refractivity contribution in [1.82, 2.24) is 30.2 Å². The zero-order chi connectivity index (χ0) is 27.1. The van der Waals surface area contributed by atoms with Crippen molar-refractivity contribution >= 4 is 45.3 Å². The summed E-state index contributed by atoms with van der Waals surface area (Å²) in [5.74, 6) is 1.05. The van der Waals surface area contributed by atoms with Gasteiger partial charge in [0.2, 0.25) is 5.91 Å². The van der Waals surface area contributed by atoms with Gasteiger partial charge in [0.15, 0.2) is 0 Å². The van der Waals surface area contributed by atoms with Gasteiger partial charge in [-0.1, -0.05) is 23.7 Å². The Kier molecular flexibility index (Phi) is 6.65. The number of aromatic nitrogens is 4. The minimum atomic E-state index is 0.0823. The Balaban J connectivity index is 0.892. The number of benzene rings is 1. The summed E-state index contributed by atoms with van der Waals surface area (Å²) in [7, 11) is 0. The van der Waals surface area contributed by atoms with E-state index in [0.717, 1.165) is 78.8 Å². The van der Waals surface area contributed by atoms with Gasteiger partial charge in [-0.05, 0) is 78.6 Å². The Morgan fingerprint density at radius 1 is 1.02 bits per heavy atom. The van der Waals surface area contributed by atoms with Crippen LogP contribution in [-0.2, 0) is 11.3 Å². The molecule has 7 rings (SSSR count). The maximum atomic E-state index is 12.9. The highest BCUT2D eigenvalue weighted by Gasteiger charge is 2.34. The molecule has 1 amide bonds. The van der Waals surface area contributed by atoms with Crippen molar-refractivity contribution in [3.05, 3.63) is 77.8 Å². The van der Waals surface area contributed by atoms with Crippen LogP contribution in [0.5, 0.6) is 0 Å². The SMILES string of the molecule is O=C(NC1CCC(Nc2cc(-c3c[nH]c4ncccc34)cc(Cl)n2)CC1)C1CN(Cc2ccc3cc[nH]c3c2)C1. The molecule has 0 unspecified atom stereocenters. The lowest BCUT2D eigenvalue weighted by molar-refractivity contribution is -0.131. The highest BCUT2D eigenvalue weighted by Crippen LogP contribution is 2.32. The van der Waals surface area contributed by atoms with Gasteiger partial charge in [-0.25, -0.2) is 9.97 Å². The van der Waals surface area contributed by atoms with Crippen molar-refractivity contribution in [3.8, 4) is 11.1 Å². The van der Waals surface area contributed by atoms with Crippen molar-refractivity contribution in [2.45, 2.75) is 44.3 Å². The fraction of sp³-hybridized carbons (Fsp3) is 0.323. The number of aromatic amines is 2. The maximum Gasteiger partial charge on any atom is 0.225 e. The van der Waals surface area contributed by atoms with Gasteiger partial charge >= 0.3 is 0 Å². The summed E-state index contributed by atoms with van der Waals surface area (Å²) in [6.07, 6.45) is 9.57. The summed E-state index contributed by atoms with van der Waals surface area (Å²) in [4.78, 5) is 30.7. The number of rotatable bonds is 7. The molecule has 1 saturated carbocycles. The van der Waals surface area contributed by atoms with E-state index in [9.17, 15) is 4.79 Å². The van der Waals surface area contributed by atoms with Crippen LogP contribution in [0, 0.1) is 5.92 Å². The van der Waals surface area contributed by atoms with E-state index in [1.54, 1.807) is 6.20 Å². The average Bonchev–Trinajstić information content (AvgIpc) is 3.58. The molecule has 5 heterocycles. The monoisotopic (exact) mass is 553 g/mol. The molecule has 9 heteroatoms. The maximum absolute atomic E-state index is 12.9. The third-order valence-corrected chi connectivity index (χ3v) is 8.53. The van der Waals surface area contributed by atoms with Crippen LogP contribution in [0.4, 0.5) is 5.82 Å². The number of nitrogens with zero attached hydrogens (tertiary/aromatic N) is 3. The van der Waals surface area contributed by atoms with Crippen molar-refractivity contribution in [1.29, 1.82) is 0 Å². The van der Waals surface area contributed by atoms with Gasteiger partial charge in [-0.15, -0.1) is 0 Å². The van der Waals surface area contributed by atoms with E-state index in [2.05, 4.69) is 65.8 Å². The summed E-state index contributed by atoms with van der Waals surface area (Å²) >= 11 is 6.41. The van der Waals surface area contributed by atoms with Gasteiger partial charge in [0.25, 0.3) is 0 Å². The smallest absolute Gasteiger partial charge is 0.225 e. The van der Waals surface area contributed by atoms with Gasteiger partial charge in [0.05, 0.1) is 5.92 Å². The normalized spacial score (nSPS) is 20.0. The summed E-state index contributed by atoms with van der Waals surface area (Å²) in [6, 6.07) is 17.1. The van der Waals surface area contributed by atoms with Crippen molar-refractivity contribution in [3.63, 3.8) is 0 Å². The van der Waals surface area contributed by atoms with Crippen LogP contribution >= 0.6 is 11.6 Å². The zero-order valence-corrected chi connectivity index (χ0v) is 22.9. The standard InChI is InChI=1S/C31H32ClN7O/c32-28-13-21(26-15-35-30-25(26)2-1-10-34-30)14-29(38-28)36-23-5-7-24(8-6-23)37-31(40)22-17-39(18-22)16-19-3-4-20-9-11-33-27(20)12-19/h1-4,9-15,22-24,33H,5-8,16-18H2,(H,34,35)(H,36,38)(H,37,40). The Morgan fingerprint density at radius 2 is 1.88 bits per heavy atom. The van der Waals surface area contributed by atoms with Crippen LogP contribution in [0.2, 0.25) is 5.15 Å². The third kappa shape index (κ3) is 5.17. The highest BCUT2D eigenvalue weighted by molar-refractivity contribution is 6.29. The molecular formula is C31H32ClN7O. The van der Waals surface area contributed by atoms with Gasteiger partial charge in [0, 0.05) is 66.8 Å². The lowest BCUT2D eigenvalue weighted by Gasteiger charge is -2.39. The summed E-state index contributed by atoms with van der Waals surface area (Å²) in [5, 5.41) is 9.65. The molecule has 0 radical (unpaired) electrons. The fourth-order valence-electron chi connectivity index (χ4n) is 6.15. The van der Waals surface area contributed by atoms with E-state index >= 15 is 0 Å². The number of nitrogens with one attached hydrogen (secondary N) is 4. The topological polar surface area (TPSA) is 102 Å². The van der Waals surface area contributed by atoms with E-state index in [1.807, 2.05) is 30.6 Å². The van der Waals surface area contributed by atoms with Crippen LogP contribution < -0.4 is 10.6 Å². The number of hydrogen-bond donors (Lipinski definition) is 4. The van der Waals surface area contributed by atoms with E-state index < -0.39 is 0 Å². The molecule has 0 atom stereocenters. The Hall–Kier alpha value is -3.88. The van der Waals surface area contributed by atoms with Crippen molar-refractivity contribution in [2.75, 3.05) is 18.4 Å². The number of halogens is 1. The summed E-state index contributed by atoms with van der Waals surface area (Å²) in [6.45, 7) is 2.52.